The minimum Gasteiger partial charge on any atom is -0.391 e. The van der Waals surface area contributed by atoms with E-state index in [1.807, 2.05) is 11.8 Å². The monoisotopic (exact) mass is 335 g/mol. The van der Waals surface area contributed by atoms with Crippen LogP contribution in [0.15, 0.2) is 29.2 Å². The molecule has 1 aliphatic rings. The van der Waals surface area contributed by atoms with Gasteiger partial charge in [-0.25, -0.2) is 0 Å². The van der Waals surface area contributed by atoms with Crippen LogP contribution in [0.3, 0.4) is 0 Å². The van der Waals surface area contributed by atoms with Gasteiger partial charge >= 0.3 is 0 Å². The Morgan fingerprint density at radius 1 is 1.09 bits per heavy atom. The quantitative estimate of drug-likeness (QED) is 0.729. The molecule has 1 saturated carbocycles. The molecule has 3 heteroatoms. The van der Waals surface area contributed by atoms with Crippen molar-refractivity contribution in [3.63, 3.8) is 0 Å². The molecule has 1 aromatic carbocycles. The van der Waals surface area contributed by atoms with Gasteiger partial charge in [-0.1, -0.05) is 52.2 Å². The highest BCUT2D eigenvalue weighted by Gasteiger charge is 2.19. The average molecular weight is 336 g/mol. The Labute approximate surface area is 146 Å². The summed E-state index contributed by atoms with van der Waals surface area (Å²) in [6, 6.07) is 8.91. The highest BCUT2D eigenvalue weighted by Crippen LogP contribution is 2.34. The maximum atomic E-state index is 10.5. The first kappa shape index (κ1) is 18.8. The van der Waals surface area contributed by atoms with E-state index in [2.05, 4.69) is 49.9 Å². The number of hydrogen-bond donors (Lipinski definition) is 1. The van der Waals surface area contributed by atoms with Gasteiger partial charge in [0.1, 0.15) is 0 Å². The van der Waals surface area contributed by atoms with Crippen molar-refractivity contribution in [1.29, 1.82) is 0 Å². The van der Waals surface area contributed by atoms with Crippen molar-refractivity contribution in [3.8, 4) is 0 Å². The predicted molar refractivity (Wildman–Crippen MR) is 101 cm³/mol. The van der Waals surface area contributed by atoms with Crippen LogP contribution >= 0.6 is 11.8 Å². The molecule has 0 heterocycles. The Kier molecular flexibility index (Phi) is 7.94. The van der Waals surface area contributed by atoms with E-state index in [4.69, 9.17) is 0 Å². The molecule has 0 aromatic heterocycles. The summed E-state index contributed by atoms with van der Waals surface area (Å²) in [6.07, 6.45) is 6.63. The van der Waals surface area contributed by atoms with Gasteiger partial charge in [-0.05, 0) is 43.6 Å². The normalized spacial score (nSPS) is 19.0. The number of hydrogen-bond acceptors (Lipinski definition) is 3. The molecule has 2 nitrogen and oxygen atoms in total. The lowest BCUT2D eigenvalue weighted by Gasteiger charge is -2.26. The van der Waals surface area contributed by atoms with Gasteiger partial charge < -0.3 is 10.0 Å². The van der Waals surface area contributed by atoms with Crippen LogP contribution in [0.5, 0.6) is 0 Å². The van der Waals surface area contributed by atoms with Crippen LogP contribution in [0, 0.1) is 0 Å². The van der Waals surface area contributed by atoms with E-state index < -0.39 is 0 Å². The highest BCUT2D eigenvalue weighted by atomic mass is 32.2. The van der Waals surface area contributed by atoms with E-state index in [9.17, 15) is 5.11 Å². The number of likely N-dealkylation sites (N-methyl/N-ethyl adjacent to an activating group) is 1. The van der Waals surface area contributed by atoms with Crippen LogP contribution in [-0.2, 0) is 0 Å². The molecule has 2 rings (SSSR count). The van der Waals surface area contributed by atoms with Gasteiger partial charge in [0.05, 0.1) is 6.10 Å². The molecule has 2 unspecified atom stereocenters. The van der Waals surface area contributed by atoms with Gasteiger partial charge in [-0.3, -0.25) is 0 Å². The van der Waals surface area contributed by atoms with Crippen LogP contribution in [0.4, 0.5) is 0 Å². The zero-order valence-electron chi connectivity index (χ0n) is 15.0. The minimum atomic E-state index is -0.299. The topological polar surface area (TPSA) is 23.5 Å². The Balaban J connectivity index is 1.89. The van der Waals surface area contributed by atoms with Crippen molar-refractivity contribution in [2.45, 2.75) is 75.0 Å². The second-order valence-electron chi connectivity index (χ2n) is 6.79. The van der Waals surface area contributed by atoms with Gasteiger partial charge in [0.2, 0.25) is 0 Å². The number of nitrogens with zero attached hydrogens (tertiary/aromatic N) is 1. The Morgan fingerprint density at radius 3 is 2.26 bits per heavy atom. The fourth-order valence-corrected chi connectivity index (χ4v) is 4.60. The van der Waals surface area contributed by atoms with Crippen molar-refractivity contribution in [3.05, 3.63) is 29.8 Å². The lowest BCUT2D eigenvalue weighted by molar-refractivity contribution is 0.0989. The molecule has 23 heavy (non-hydrogen) atoms. The molecule has 0 spiro atoms. The second kappa shape index (κ2) is 9.71. The Bertz CT molecular complexity index is 437. The molecular weight excluding hydrogens is 302 g/mol. The Morgan fingerprint density at radius 2 is 1.70 bits per heavy atom. The van der Waals surface area contributed by atoms with E-state index in [0.717, 1.165) is 24.9 Å². The van der Waals surface area contributed by atoms with Crippen LogP contribution in [-0.4, -0.2) is 41.0 Å². The molecule has 1 aliphatic carbocycles. The van der Waals surface area contributed by atoms with Gasteiger partial charge in [0, 0.05) is 22.6 Å². The van der Waals surface area contributed by atoms with Crippen molar-refractivity contribution < 1.29 is 5.11 Å². The van der Waals surface area contributed by atoms with Gasteiger partial charge in [-0.15, -0.1) is 11.8 Å². The molecule has 0 saturated heterocycles. The predicted octanol–water partition coefficient (Wildman–Crippen LogP) is 4.92. The van der Waals surface area contributed by atoms with E-state index in [-0.39, 0.29) is 12.0 Å². The number of benzene rings is 1. The fraction of sp³-hybridized carbons (Fsp3) is 0.700. The smallest absolute Gasteiger partial charge is 0.0732 e. The summed E-state index contributed by atoms with van der Waals surface area (Å²) in [5.41, 5.74) is 1.25. The summed E-state index contributed by atoms with van der Waals surface area (Å²) in [5, 5.41) is 11.3. The maximum Gasteiger partial charge on any atom is 0.0732 e. The van der Waals surface area contributed by atoms with Crippen LogP contribution < -0.4 is 0 Å². The average Bonchev–Trinajstić information content (AvgIpc) is 2.60. The van der Waals surface area contributed by atoms with Crippen molar-refractivity contribution in [1.82, 2.24) is 4.90 Å². The highest BCUT2D eigenvalue weighted by molar-refractivity contribution is 8.00. The van der Waals surface area contributed by atoms with Gasteiger partial charge in [0.15, 0.2) is 0 Å². The van der Waals surface area contributed by atoms with Crippen LogP contribution in [0.1, 0.15) is 64.4 Å². The molecule has 1 aromatic rings. The van der Waals surface area contributed by atoms with Crippen molar-refractivity contribution in [2.24, 2.45) is 0 Å². The maximum absolute atomic E-state index is 10.5. The first-order chi connectivity index (χ1) is 11.1. The molecule has 130 valence electrons. The molecule has 1 N–H and O–H groups in total. The molecular formula is C20H33NOS. The summed E-state index contributed by atoms with van der Waals surface area (Å²) >= 11 is 2.04. The van der Waals surface area contributed by atoms with Gasteiger partial charge in [0.25, 0.3) is 0 Å². The summed E-state index contributed by atoms with van der Waals surface area (Å²) in [6.45, 7) is 9.19. The van der Waals surface area contributed by atoms with Crippen LogP contribution in [0.2, 0.25) is 0 Å². The van der Waals surface area contributed by atoms with E-state index in [0.29, 0.717) is 0 Å². The number of aliphatic hydroxyl groups is 1. The first-order valence-electron chi connectivity index (χ1n) is 9.31. The first-order valence-corrected chi connectivity index (χ1v) is 10.2. The molecule has 0 radical (unpaired) electrons. The summed E-state index contributed by atoms with van der Waals surface area (Å²) in [5.74, 6) is 0.185. The van der Waals surface area contributed by atoms with E-state index in [1.54, 1.807) is 0 Å². The third-order valence-electron chi connectivity index (χ3n) is 5.18. The summed E-state index contributed by atoms with van der Waals surface area (Å²) in [4.78, 5) is 3.67. The third kappa shape index (κ3) is 5.81. The summed E-state index contributed by atoms with van der Waals surface area (Å²) < 4.78 is 0. The number of aliphatic hydroxyl groups excluding tert-OH is 1. The van der Waals surface area contributed by atoms with Crippen LogP contribution in [0.25, 0.3) is 0 Å². The lowest BCUT2D eigenvalue weighted by Crippen LogP contribution is -2.34. The van der Waals surface area contributed by atoms with Gasteiger partial charge in [-0.2, -0.15) is 0 Å². The lowest BCUT2D eigenvalue weighted by atomic mass is 9.95. The third-order valence-corrected chi connectivity index (χ3v) is 6.53. The van der Waals surface area contributed by atoms with Crippen molar-refractivity contribution >= 4 is 11.8 Å². The largest absolute Gasteiger partial charge is 0.391 e. The second-order valence-corrected chi connectivity index (χ2v) is 8.16. The zero-order valence-corrected chi connectivity index (χ0v) is 15.8. The molecule has 1 fully saturated rings. The standard InChI is InChI=1S/C20H33NOS/c1-4-21(5-2)15-20(22)16(3)17-11-13-19(14-12-17)23-18-9-7-6-8-10-18/h11-14,16,18,20,22H,4-10,15H2,1-3H3. The van der Waals surface area contributed by atoms with Crippen molar-refractivity contribution in [2.75, 3.05) is 19.6 Å². The number of thioether (sulfide) groups is 1. The minimum absolute atomic E-state index is 0.185. The Hall–Kier alpha value is -0.510. The van der Waals surface area contributed by atoms with E-state index in [1.165, 1.54) is 42.6 Å². The molecule has 2 atom stereocenters. The fourth-order valence-electron chi connectivity index (χ4n) is 3.35. The number of rotatable bonds is 8. The molecule has 0 bridgehead atoms. The zero-order chi connectivity index (χ0) is 16.7. The molecule has 0 amide bonds. The SMILES string of the molecule is CCN(CC)CC(O)C(C)c1ccc(SC2CCCCC2)cc1. The summed E-state index contributed by atoms with van der Waals surface area (Å²) in [7, 11) is 0. The molecule has 0 aliphatic heterocycles. The van der Waals surface area contributed by atoms with E-state index >= 15 is 0 Å².